The van der Waals surface area contributed by atoms with Crippen molar-refractivity contribution in [2.45, 2.75) is 12.5 Å². The van der Waals surface area contributed by atoms with Crippen molar-refractivity contribution in [3.8, 4) is 0 Å². The Bertz CT molecular complexity index is 668. The van der Waals surface area contributed by atoms with Crippen LogP contribution in [0.25, 0.3) is 0 Å². The van der Waals surface area contributed by atoms with Crippen LogP contribution < -0.4 is 4.90 Å². The third kappa shape index (κ3) is 3.95. The molecule has 0 radical (unpaired) electrons. The van der Waals surface area contributed by atoms with Crippen LogP contribution in [0, 0.1) is 0 Å². The van der Waals surface area contributed by atoms with Crippen molar-refractivity contribution >= 4 is 11.6 Å². The predicted octanol–water partition coefficient (Wildman–Crippen LogP) is 2.84. The normalized spacial score (nSPS) is 17.6. The largest absolute Gasteiger partial charge is 0.378 e. The minimum atomic E-state index is 0.0612. The smallest absolute Gasteiger partial charge is 0.254 e. The number of ether oxygens (including phenoxy) is 1. The van der Waals surface area contributed by atoms with Gasteiger partial charge in [0.25, 0.3) is 5.91 Å². The molecule has 4 heteroatoms. The molecule has 0 saturated carbocycles. The second-order valence-corrected chi connectivity index (χ2v) is 6.37. The highest BCUT2D eigenvalue weighted by Gasteiger charge is 2.25. The number of morpholine rings is 1. The van der Waals surface area contributed by atoms with Gasteiger partial charge in [0.2, 0.25) is 0 Å². The fourth-order valence-corrected chi connectivity index (χ4v) is 2.99. The molecular formula is C20H24N2O2. The van der Waals surface area contributed by atoms with Gasteiger partial charge in [0, 0.05) is 44.9 Å². The Balaban J connectivity index is 1.64. The summed E-state index contributed by atoms with van der Waals surface area (Å²) in [6.07, 6.45) is 0.899. The SMILES string of the molecule is CN(C)c1ccc(C(=O)N2CCOC(Cc3ccccc3)C2)cc1. The summed E-state index contributed by atoms with van der Waals surface area (Å²) >= 11 is 0. The lowest BCUT2D eigenvalue weighted by molar-refractivity contribution is -0.0208. The van der Waals surface area contributed by atoms with E-state index in [1.165, 1.54) is 5.56 Å². The summed E-state index contributed by atoms with van der Waals surface area (Å²) in [5, 5.41) is 0. The average molecular weight is 324 g/mol. The van der Waals surface area contributed by atoms with E-state index in [-0.39, 0.29) is 12.0 Å². The highest BCUT2D eigenvalue weighted by Crippen LogP contribution is 2.17. The van der Waals surface area contributed by atoms with E-state index in [2.05, 4.69) is 12.1 Å². The first-order chi connectivity index (χ1) is 11.6. The number of hydrogen-bond donors (Lipinski definition) is 0. The molecule has 24 heavy (non-hydrogen) atoms. The van der Waals surface area contributed by atoms with Gasteiger partial charge in [-0.1, -0.05) is 30.3 Å². The Hall–Kier alpha value is -2.33. The molecule has 1 fully saturated rings. The lowest BCUT2D eigenvalue weighted by atomic mass is 10.1. The molecule has 1 aliphatic heterocycles. The van der Waals surface area contributed by atoms with Crippen LogP contribution in [-0.2, 0) is 11.2 Å². The molecule has 1 unspecified atom stereocenters. The zero-order valence-electron chi connectivity index (χ0n) is 14.3. The van der Waals surface area contributed by atoms with E-state index in [0.29, 0.717) is 19.7 Å². The van der Waals surface area contributed by atoms with Gasteiger partial charge in [-0.05, 0) is 29.8 Å². The summed E-state index contributed by atoms with van der Waals surface area (Å²) in [6, 6.07) is 18.1. The van der Waals surface area contributed by atoms with Crippen LogP contribution in [0.2, 0.25) is 0 Å². The quantitative estimate of drug-likeness (QED) is 0.867. The van der Waals surface area contributed by atoms with Gasteiger partial charge in [-0.3, -0.25) is 4.79 Å². The zero-order chi connectivity index (χ0) is 16.9. The number of anilines is 1. The van der Waals surface area contributed by atoms with E-state index in [0.717, 1.165) is 17.7 Å². The van der Waals surface area contributed by atoms with Crippen LogP contribution in [-0.4, -0.2) is 50.7 Å². The van der Waals surface area contributed by atoms with Gasteiger partial charge in [0.1, 0.15) is 0 Å². The Labute approximate surface area is 143 Å². The molecule has 1 saturated heterocycles. The minimum absolute atomic E-state index is 0.0612. The Morgan fingerprint density at radius 1 is 1.12 bits per heavy atom. The lowest BCUT2D eigenvalue weighted by Crippen LogP contribution is -2.46. The van der Waals surface area contributed by atoms with Crippen LogP contribution >= 0.6 is 0 Å². The van der Waals surface area contributed by atoms with Gasteiger partial charge in [0.15, 0.2) is 0 Å². The highest BCUT2D eigenvalue weighted by molar-refractivity contribution is 5.94. The third-order valence-corrected chi connectivity index (χ3v) is 4.36. The standard InChI is InChI=1S/C20H24N2O2/c1-21(2)18-10-8-17(9-11-18)20(23)22-12-13-24-19(15-22)14-16-6-4-3-5-7-16/h3-11,19H,12-15H2,1-2H3. The van der Waals surface area contributed by atoms with Crippen LogP contribution in [0.15, 0.2) is 54.6 Å². The molecule has 0 bridgehead atoms. The molecule has 0 N–H and O–H groups in total. The summed E-state index contributed by atoms with van der Waals surface area (Å²) in [5.41, 5.74) is 3.07. The van der Waals surface area contributed by atoms with E-state index < -0.39 is 0 Å². The van der Waals surface area contributed by atoms with Crippen LogP contribution in [0.1, 0.15) is 15.9 Å². The molecular weight excluding hydrogens is 300 g/mol. The molecule has 3 rings (SSSR count). The van der Waals surface area contributed by atoms with Crippen molar-refractivity contribution in [1.82, 2.24) is 4.90 Å². The van der Waals surface area contributed by atoms with E-state index in [9.17, 15) is 4.79 Å². The highest BCUT2D eigenvalue weighted by atomic mass is 16.5. The summed E-state index contributed by atoms with van der Waals surface area (Å²) in [7, 11) is 3.99. The van der Waals surface area contributed by atoms with Gasteiger partial charge in [-0.2, -0.15) is 0 Å². The Kier molecular flexibility index (Phi) is 5.16. The van der Waals surface area contributed by atoms with E-state index >= 15 is 0 Å². The summed E-state index contributed by atoms with van der Waals surface area (Å²) in [5.74, 6) is 0.0849. The molecule has 0 aliphatic carbocycles. The number of carbonyl (C=O) groups is 1. The van der Waals surface area contributed by atoms with E-state index in [1.807, 2.05) is 66.4 Å². The van der Waals surface area contributed by atoms with Gasteiger partial charge in [0.05, 0.1) is 12.7 Å². The van der Waals surface area contributed by atoms with Crippen molar-refractivity contribution in [1.29, 1.82) is 0 Å². The molecule has 1 amide bonds. The number of rotatable bonds is 4. The minimum Gasteiger partial charge on any atom is -0.378 e. The number of amides is 1. The number of nitrogens with zero attached hydrogens (tertiary/aromatic N) is 2. The van der Waals surface area contributed by atoms with Crippen LogP contribution in [0.3, 0.4) is 0 Å². The maximum atomic E-state index is 12.7. The van der Waals surface area contributed by atoms with Gasteiger partial charge in [-0.15, -0.1) is 0 Å². The number of benzene rings is 2. The van der Waals surface area contributed by atoms with Crippen molar-refractivity contribution in [3.05, 3.63) is 65.7 Å². The fraction of sp³-hybridized carbons (Fsp3) is 0.350. The van der Waals surface area contributed by atoms with E-state index in [1.54, 1.807) is 0 Å². The molecule has 4 nitrogen and oxygen atoms in total. The maximum absolute atomic E-state index is 12.7. The second kappa shape index (κ2) is 7.49. The van der Waals surface area contributed by atoms with Crippen molar-refractivity contribution in [2.24, 2.45) is 0 Å². The second-order valence-electron chi connectivity index (χ2n) is 6.37. The summed E-state index contributed by atoms with van der Waals surface area (Å²) in [4.78, 5) is 16.7. The zero-order valence-corrected chi connectivity index (χ0v) is 14.3. The first-order valence-corrected chi connectivity index (χ1v) is 8.35. The summed E-state index contributed by atoms with van der Waals surface area (Å²) < 4.78 is 5.85. The van der Waals surface area contributed by atoms with Gasteiger partial charge < -0.3 is 14.5 Å². The molecule has 2 aromatic carbocycles. The van der Waals surface area contributed by atoms with Crippen molar-refractivity contribution < 1.29 is 9.53 Å². The molecule has 1 aliphatic rings. The fourth-order valence-electron chi connectivity index (χ4n) is 2.99. The van der Waals surface area contributed by atoms with Gasteiger partial charge in [-0.25, -0.2) is 0 Å². The van der Waals surface area contributed by atoms with Gasteiger partial charge >= 0.3 is 0 Å². The van der Waals surface area contributed by atoms with Crippen molar-refractivity contribution in [3.63, 3.8) is 0 Å². The monoisotopic (exact) mass is 324 g/mol. The average Bonchev–Trinajstić information content (AvgIpc) is 2.62. The van der Waals surface area contributed by atoms with Crippen LogP contribution in [0.5, 0.6) is 0 Å². The Morgan fingerprint density at radius 3 is 2.50 bits per heavy atom. The third-order valence-electron chi connectivity index (χ3n) is 4.36. The molecule has 2 aromatic rings. The van der Waals surface area contributed by atoms with Crippen LogP contribution in [0.4, 0.5) is 5.69 Å². The van der Waals surface area contributed by atoms with E-state index in [4.69, 9.17) is 4.74 Å². The molecule has 1 atom stereocenters. The first kappa shape index (κ1) is 16.5. The number of carbonyl (C=O) groups excluding carboxylic acids is 1. The lowest BCUT2D eigenvalue weighted by Gasteiger charge is -2.33. The molecule has 126 valence electrons. The molecule has 0 spiro atoms. The topological polar surface area (TPSA) is 32.8 Å². The predicted molar refractivity (Wildman–Crippen MR) is 96.6 cm³/mol. The number of hydrogen-bond acceptors (Lipinski definition) is 3. The summed E-state index contributed by atoms with van der Waals surface area (Å²) in [6.45, 7) is 1.89. The Morgan fingerprint density at radius 2 is 1.83 bits per heavy atom. The molecule has 0 aromatic heterocycles. The molecule has 1 heterocycles. The maximum Gasteiger partial charge on any atom is 0.254 e. The van der Waals surface area contributed by atoms with Crippen molar-refractivity contribution in [2.75, 3.05) is 38.7 Å². The first-order valence-electron chi connectivity index (χ1n) is 8.35.